The lowest BCUT2D eigenvalue weighted by atomic mass is 9.97. The Morgan fingerprint density at radius 2 is 1.96 bits per heavy atom. The van der Waals surface area contributed by atoms with Gasteiger partial charge in [0.25, 0.3) is 0 Å². The van der Waals surface area contributed by atoms with E-state index in [2.05, 4.69) is 46.4 Å². The van der Waals surface area contributed by atoms with E-state index in [0.29, 0.717) is 11.7 Å². The Labute approximate surface area is 163 Å². The largest absolute Gasteiger partial charge is 0.349 e. The number of amides is 1. The van der Waals surface area contributed by atoms with Gasteiger partial charge in [-0.05, 0) is 30.7 Å². The molecule has 1 aromatic heterocycles. The first-order chi connectivity index (χ1) is 12.6. The fraction of sp³-hybridized carbons (Fsp3) is 0.526. The minimum absolute atomic E-state index is 0.0439. The quantitative estimate of drug-likeness (QED) is 0.687. The SMILES string of the molecule is CC(C)CC(NC(=O)CSc1nnc(N2CCCC2)s1)c1ccccc1. The molecular weight excluding hydrogens is 364 g/mol. The summed E-state index contributed by atoms with van der Waals surface area (Å²) < 4.78 is 0.863. The van der Waals surface area contributed by atoms with Gasteiger partial charge >= 0.3 is 0 Å². The normalized spacial score (nSPS) is 15.4. The highest BCUT2D eigenvalue weighted by Crippen LogP contribution is 2.30. The molecule has 2 aromatic rings. The number of hydrogen-bond donors (Lipinski definition) is 1. The van der Waals surface area contributed by atoms with Crippen LogP contribution < -0.4 is 10.2 Å². The third-order valence-corrected chi connectivity index (χ3v) is 6.46. The minimum atomic E-state index is 0.0439. The van der Waals surface area contributed by atoms with Gasteiger partial charge in [-0.25, -0.2) is 0 Å². The van der Waals surface area contributed by atoms with Gasteiger partial charge in [-0.3, -0.25) is 4.79 Å². The topological polar surface area (TPSA) is 58.1 Å². The summed E-state index contributed by atoms with van der Waals surface area (Å²) in [6, 6.07) is 10.2. The van der Waals surface area contributed by atoms with Crippen molar-refractivity contribution in [2.45, 2.75) is 43.5 Å². The number of nitrogens with one attached hydrogen (secondary N) is 1. The monoisotopic (exact) mass is 390 g/mol. The number of carbonyl (C=O) groups excluding carboxylic acids is 1. The average molecular weight is 391 g/mol. The molecule has 1 saturated heterocycles. The van der Waals surface area contributed by atoms with Crippen molar-refractivity contribution in [1.82, 2.24) is 15.5 Å². The van der Waals surface area contributed by atoms with E-state index in [1.165, 1.54) is 24.6 Å². The molecule has 3 rings (SSSR count). The molecule has 1 amide bonds. The molecule has 26 heavy (non-hydrogen) atoms. The van der Waals surface area contributed by atoms with Crippen LogP contribution in [0.3, 0.4) is 0 Å². The Kier molecular flexibility index (Phi) is 6.91. The predicted molar refractivity (Wildman–Crippen MR) is 109 cm³/mol. The summed E-state index contributed by atoms with van der Waals surface area (Å²) in [6.45, 7) is 6.48. The average Bonchev–Trinajstić information content (AvgIpc) is 3.31. The Morgan fingerprint density at radius 1 is 1.23 bits per heavy atom. The summed E-state index contributed by atoms with van der Waals surface area (Å²) in [5.41, 5.74) is 1.16. The molecule has 1 N–H and O–H groups in total. The van der Waals surface area contributed by atoms with E-state index < -0.39 is 0 Å². The van der Waals surface area contributed by atoms with Crippen molar-refractivity contribution >= 4 is 34.1 Å². The summed E-state index contributed by atoms with van der Waals surface area (Å²) >= 11 is 3.06. The van der Waals surface area contributed by atoms with E-state index in [1.54, 1.807) is 11.3 Å². The van der Waals surface area contributed by atoms with Crippen LogP contribution in [0.15, 0.2) is 34.7 Å². The zero-order valence-corrected chi connectivity index (χ0v) is 17.0. The van der Waals surface area contributed by atoms with Gasteiger partial charge in [-0.2, -0.15) is 0 Å². The third-order valence-electron chi connectivity index (χ3n) is 4.34. The van der Waals surface area contributed by atoms with Crippen LogP contribution >= 0.6 is 23.1 Å². The zero-order chi connectivity index (χ0) is 18.4. The van der Waals surface area contributed by atoms with Gasteiger partial charge in [-0.15, -0.1) is 10.2 Å². The van der Waals surface area contributed by atoms with Gasteiger partial charge in [0.2, 0.25) is 11.0 Å². The maximum atomic E-state index is 12.5. The van der Waals surface area contributed by atoms with Crippen molar-refractivity contribution < 1.29 is 4.79 Å². The van der Waals surface area contributed by atoms with E-state index in [0.717, 1.165) is 34.5 Å². The van der Waals surface area contributed by atoms with Gasteiger partial charge in [0.05, 0.1) is 11.8 Å². The highest BCUT2D eigenvalue weighted by atomic mass is 32.2. The first kappa shape index (κ1) is 19.2. The molecule has 1 unspecified atom stereocenters. The zero-order valence-electron chi connectivity index (χ0n) is 15.4. The van der Waals surface area contributed by atoms with E-state index >= 15 is 0 Å². The summed E-state index contributed by atoms with van der Waals surface area (Å²) in [4.78, 5) is 14.7. The van der Waals surface area contributed by atoms with Crippen molar-refractivity contribution in [2.24, 2.45) is 5.92 Å². The lowest BCUT2D eigenvalue weighted by molar-refractivity contribution is -0.119. The number of carbonyl (C=O) groups is 1. The van der Waals surface area contributed by atoms with Gasteiger partial charge < -0.3 is 10.2 Å². The minimum Gasteiger partial charge on any atom is -0.349 e. The second-order valence-electron chi connectivity index (χ2n) is 6.99. The van der Waals surface area contributed by atoms with Gasteiger partial charge in [0.1, 0.15) is 0 Å². The fourth-order valence-corrected chi connectivity index (χ4v) is 4.80. The molecule has 1 aromatic carbocycles. The summed E-state index contributed by atoms with van der Waals surface area (Å²) in [6.07, 6.45) is 3.38. The van der Waals surface area contributed by atoms with Crippen molar-refractivity contribution in [2.75, 3.05) is 23.7 Å². The van der Waals surface area contributed by atoms with Crippen LogP contribution in [0.2, 0.25) is 0 Å². The molecule has 0 spiro atoms. The van der Waals surface area contributed by atoms with Crippen LogP contribution in [0.25, 0.3) is 0 Å². The molecule has 1 fully saturated rings. The Hall–Kier alpha value is -1.60. The van der Waals surface area contributed by atoms with Gasteiger partial charge in [-0.1, -0.05) is 67.3 Å². The van der Waals surface area contributed by atoms with Gasteiger partial charge in [0, 0.05) is 13.1 Å². The smallest absolute Gasteiger partial charge is 0.230 e. The molecule has 7 heteroatoms. The van der Waals surface area contributed by atoms with Crippen molar-refractivity contribution in [1.29, 1.82) is 0 Å². The van der Waals surface area contributed by atoms with Crippen LogP contribution in [0.5, 0.6) is 0 Å². The van der Waals surface area contributed by atoms with Crippen LogP contribution in [-0.2, 0) is 4.79 Å². The summed E-state index contributed by atoms with van der Waals surface area (Å²) in [7, 11) is 0. The highest BCUT2D eigenvalue weighted by molar-refractivity contribution is 8.01. The molecule has 1 atom stereocenters. The van der Waals surface area contributed by atoms with Crippen molar-refractivity contribution in [3.05, 3.63) is 35.9 Å². The number of thioether (sulfide) groups is 1. The summed E-state index contributed by atoms with van der Waals surface area (Å²) in [5, 5.41) is 12.7. The second-order valence-corrected chi connectivity index (χ2v) is 9.17. The number of aromatic nitrogens is 2. The molecule has 0 saturated carbocycles. The molecular formula is C19H26N4OS2. The number of nitrogens with zero attached hydrogens (tertiary/aromatic N) is 3. The van der Waals surface area contributed by atoms with Crippen LogP contribution in [0.4, 0.5) is 5.13 Å². The molecule has 0 radical (unpaired) electrons. The fourth-order valence-electron chi connectivity index (χ4n) is 3.10. The molecule has 2 heterocycles. The van der Waals surface area contributed by atoms with Crippen LogP contribution in [-0.4, -0.2) is 34.9 Å². The predicted octanol–water partition coefficient (Wildman–Crippen LogP) is 4.13. The molecule has 5 nitrogen and oxygen atoms in total. The molecule has 1 aliphatic heterocycles. The van der Waals surface area contributed by atoms with E-state index in [9.17, 15) is 4.79 Å². The molecule has 140 valence electrons. The Bertz CT molecular complexity index is 699. The summed E-state index contributed by atoms with van der Waals surface area (Å²) in [5.74, 6) is 0.928. The van der Waals surface area contributed by atoms with E-state index in [-0.39, 0.29) is 11.9 Å². The van der Waals surface area contributed by atoms with Crippen molar-refractivity contribution in [3.63, 3.8) is 0 Å². The number of rotatable bonds is 8. The number of benzene rings is 1. The third kappa shape index (κ3) is 5.45. The molecule has 0 bridgehead atoms. The van der Waals surface area contributed by atoms with Crippen LogP contribution in [0, 0.1) is 5.92 Å². The lowest BCUT2D eigenvalue weighted by Crippen LogP contribution is -2.30. The lowest BCUT2D eigenvalue weighted by Gasteiger charge is -2.21. The Morgan fingerprint density at radius 3 is 2.65 bits per heavy atom. The van der Waals surface area contributed by atoms with E-state index in [4.69, 9.17) is 0 Å². The highest BCUT2D eigenvalue weighted by Gasteiger charge is 2.19. The maximum Gasteiger partial charge on any atom is 0.230 e. The Balaban J connectivity index is 1.53. The second kappa shape index (κ2) is 9.37. The number of anilines is 1. The van der Waals surface area contributed by atoms with Gasteiger partial charge in [0.15, 0.2) is 4.34 Å². The molecule has 0 aliphatic carbocycles. The van der Waals surface area contributed by atoms with Crippen LogP contribution in [0.1, 0.15) is 44.7 Å². The van der Waals surface area contributed by atoms with Crippen molar-refractivity contribution in [3.8, 4) is 0 Å². The first-order valence-corrected chi connectivity index (χ1v) is 11.0. The first-order valence-electron chi connectivity index (χ1n) is 9.17. The number of hydrogen-bond acceptors (Lipinski definition) is 6. The standard InChI is InChI=1S/C19H26N4OS2/c1-14(2)12-16(15-8-4-3-5-9-15)20-17(24)13-25-19-22-21-18(26-19)23-10-6-7-11-23/h3-5,8-9,14,16H,6-7,10-13H2,1-2H3,(H,20,24). The maximum absolute atomic E-state index is 12.5. The van der Waals surface area contributed by atoms with E-state index in [1.807, 2.05) is 18.2 Å². The molecule has 1 aliphatic rings.